The number of nitrogens with zero attached hydrogens (tertiary/aromatic N) is 3. The van der Waals surface area contributed by atoms with Crippen molar-refractivity contribution < 1.29 is 0 Å². The predicted molar refractivity (Wildman–Crippen MR) is 139 cm³/mol. The summed E-state index contributed by atoms with van der Waals surface area (Å²) in [6, 6.07) is 10.6. The van der Waals surface area contributed by atoms with Gasteiger partial charge in [-0.3, -0.25) is 4.99 Å². The Bertz CT molecular complexity index is 564. The molecule has 0 saturated carbocycles. The van der Waals surface area contributed by atoms with E-state index in [1.807, 2.05) is 11.8 Å². The molecule has 1 saturated heterocycles. The minimum absolute atomic E-state index is 0. The molecule has 2 atom stereocenters. The Morgan fingerprint density at radius 1 is 1.03 bits per heavy atom. The van der Waals surface area contributed by atoms with Gasteiger partial charge < -0.3 is 20.4 Å². The maximum absolute atomic E-state index is 4.84. The number of rotatable bonds is 10. The summed E-state index contributed by atoms with van der Waals surface area (Å²) >= 11 is 1.90. The second kappa shape index (κ2) is 15.3. The van der Waals surface area contributed by atoms with Crippen LogP contribution in [0.1, 0.15) is 27.7 Å². The molecule has 1 aliphatic heterocycles. The van der Waals surface area contributed by atoms with Gasteiger partial charge in [0.25, 0.3) is 0 Å². The topological polar surface area (TPSA) is 42.9 Å². The van der Waals surface area contributed by atoms with Crippen LogP contribution in [0.2, 0.25) is 0 Å². The third kappa shape index (κ3) is 10.9. The Morgan fingerprint density at radius 2 is 1.69 bits per heavy atom. The van der Waals surface area contributed by atoms with Crippen molar-refractivity contribution in [1.82, 2.24) is 20.4 Å². The molecule has 0 bridgehead atoms. The molecule has 1 fully saturated rings. The molecule has 7 heteroatoms. The van der Waals surface area contributed by atoms with Gasteiger partial charge in [-0.25, -0.2) is 0 Å². The van der Waals surface area contributed by atoms with Gasteiger partial charge in [-0.2, -0.15) is 0 Å². The fourth-order valence-corrected chi connectivity index (χ4v) is 4.33. The van der Waals surface area contributed by atoms with Crippen LogP contribution >= 0.6 is 35.7 Å². The van der Waals surface area contributed by atoms with Crippen molar-refractivity contribution in [3.8, 4) is 0 Å². The Balaban J connectivity index is 0.00000420. The van der Waals surface area contributed by atoms with Gasteiger partial charge in [-0.15, -0.1) is 35.7 Å². The normalized spacial score (nSPS) is 18.0. The highest BCUT2D eigenvalue weighted by Gasteiger charge is 2.17. The van der Waals surface area contributed by atoms with Crippen LogP contribution in [0.25, 0.3) is 0 Å². The first-order valence-corrected chi connectivity index (χ1v) is 11.7. The number of aliphatic imine (C=N–C) groups is 1. The van der Waals surface area contributed by atoms with Gasteiger partial charge in [0.2, 0.25) is 0 Å². The van der Waals surface area contributed by atoms with E-state index in [0.29, 0.717) is 11.2 Å². The molecule has 2 rings (SSSR count). The summed E-state index contributed by atoms with van der Waals surface area (Å²) in [4.78, 5) is 11.3. The van der Waals surface area contributed by atoms with Crippen LogP contribution in [0, 0.1) is 5.92 Å². The van der Waals surface area contributed by atoms with Crippen molar-refractivity contribution in [2.45, 2.75) is 37.8 Å². The third-order valence-electron chi connectivity index (χ3n) is 5.02. The van der Waals surface area contributed by atoms with E-state index in [-0.39, 0.29) is 24.0 Å². The molecular formula is C22H40IN5S. The molecule has 2 unspecified atom stereocenters. The van der Waals surface area contributed by atoms with Crippen molar-refractivity contribution in [3.63, 3.8) is 0 Å². The summed E-state index contributed by atoms with van der Waals surface area (Å²) in [6.45, 7) is 18.7. The van der Waals surface area contributed by atoms with Gasteiger partial charge in [0.1, 0.15) is 0 Å². The van der Waals surface area contributed by atoms with Crippen molar-refractivity contribution in [3.05, 3.63) is 30.3 Å². The molecule has 0 spiro atoms. The van der Waals surface area contributed by atoms with E-state index in [1.54, 1.807) is 0 Å². The highest BCUT2D eigenvalue weighted by Crippen LogP contribution is 2.21. The number of thioether (sulfide) groups is 1. The SMILES string of the molecule is CCNC(=NCC(C)CN1CCN(CC)CC1)NCC(C)Sc1ccccc1.I. The molecular weight excluding hydrogens is 493 g/mol. The summed E-state index contributed by atoms with van der Waals surface area (Å²) < 4.78 is 0. The molecule has 1 aromatic carbocycles. The number of halogens is 1. The molecule has 1 aromatic rings. The molecule has 0 radical (unpaired) electrons. The van der Waals surface area contributed by atoms with Gasteiger partial charge in [0, 0.05) is 62.5 Å². The van der Waals surface area contributed by atoms with Gasteiger partial charge in [0.15, 0.2) is 5.96 Å². The summed E-state index contributed by atoms with van der Waals surface area (Å²) in [7, 11) is 0. The zero-order valence-electron chi connectivity index (χ0n) is 18.6. The predicted octanol–water partition coefficient (Wildman–Crippen LogP) is 3.61. The van der Waals surface area contributed by atoms with Crippen LogP contribution in [0.3, 0.4) is 0 Å². The van der Waals surface area contributed by atoms with Crippen molar-refractivity contribution in [2.75, 3.05) is 58.9 Å². The first kappa shape index (κ1) is 26.5. The Hall–Kier alpha value is -0.510. The lowest BCUT2D eigenvalue weighted by molar-refractivity contribution is 0.125. The average molecular weight is 534 g/mol. The Kier molecular flexibility index (Phi) is 14.0. The molecule has 0 aliphatic carbocycles. The van der Waals surface area contributed by atoms with E-state index in [4.69, 9.17) is 4.99 Å². The fraction of sp³-hybridized carbons (Fsp3) is 0.682. The zero-order valence-corrected chi connectivity index (χ0v) is 21.7. The molecule has 2 N–H and O–H groups in total. The highest BCUT2D eigenvalue weighted by molar-refractivity contribution is 14.0. The lowest BCUT2D eigenvalue weighted by Gasteiger charge is -2.35. The highest BCUT2D eigenvalue weighted by atomic mass is 127. The number of piperazine rings is 1. The van der Waals surface area contributed by atoms with Crippen LogP contribution in [0.15, 0.2) is 40.2 Å². The largest absolute Gasteiger partial charge is 0.357 e. The second-order valence-electron chi connectivity index (χ2n) is 7.68. The van der Waals surface area contributed by atoms with Gasteiger partial charge in [0.05, 0.1) is 0 Å². The minimum Gasteiger partial charge on any atom is -0.357 e. The Morgan fingerprint density at radius 3 is 2.31 bits per heavy atom. The van der Waals surface area contributed by atoms with E-state index in [9.17, 15) is 0 Å². The molecule has 0 amide bonds. The molecule has 0 aromatic heterocycles. The molecule has 1 aliphatic rings. The number of benzene rings is 1. The first-order chi connectivity index (χ1) is 13.6. The number of guanidine groups is 1. The summed E-state index contributed by atoms with van der Waals surface area (Å²) in [5.74, 6) is 1.51. The van der Waals surface area contributed by atoms with Crippen LogP contribution in [0.5, 0.6) is 0 Å². The molecule has 5 nitrogen and oxygen atoms in total. The maximum Gasteiger partial charge on any atom is 0.191 e. The monoisotopic (exact) mass is 533 g/mol. The van der Waals surface area contributed by atoms with E-state index in [2.05, 4.69) is 78.5 Å². The lowest BCUT2D eigenvalue weighted by atomic mass is 10.1. The Labute approximate surface area is 199 Å². The van der Waals surface area contributed by atoms with Gasteiger partial charge in [-0.1, -0.05) is 39.0 Å². The minimum atomic E-state index is 0. The van der Waals surface area contributed by atoms with Crippen LogP contribution in [0.4, 0.5) is 0 Å². The smallest absolute Gasteiger partial charge is 0.191 e. The fourth-order valence-electron chi connectivity index (χ4n) is 3.39. The molecule has 1 heterocycles. The van der Waals surface area contributed by atoms with Gasteiger partial charge >= 0.3 is 0 Å². The second-order valence-corrected chi connectivity index (χ2v) is 9.19. The first-order valence-electron chi connectivity index (χ1n) is 10.8. The number of hydrogen-bond donors (Lipinski definition) is 2. The summed E-state index contributed by atoms with van der Waals surface area (Å²) in [6.07, 6.45) is 0. The van der Waals surface area contributed by atoms with E-state index in [1.165, 1.54) is 37.6 Å². The zero-order chi connectivity index (χ0) is 20.2. The molecule has 166 valence electrons. The maximum atomic E-state index is 4.84. The van der Waals surface area contributed by atoms with E-state index < -0.39 is 0 Å². The van der Waals surface area contributed by atoms with Crippen molar-refractivity contribution in [1.29, 1.82) is 0 Å². The summed E-state index contributed by atoms with van der Waals surface area (Å²) in [5.41, 5.74) is 0. The van der Waals surface area contributed by atoms with E-state index in [0.717, 1.165) is 32.1 Å². The number of nitrogens with one attached hydrogen (secondary N) is 2. The standard InChI is InChI=1S/C22H39N5S.HI/c1-5-23-22(25-17-20(4)28-21-10-8-7-9-11-21)24-16-19(3)18-27-14-12-26(6-2)13-15-27;/h7-11,19-20H,5-6,12-18H2,1-4H3,(H2,23,24,25);1H. The third-order valence-corrected chi connectivity index (χ3v) is 6.14. The number of hydrogen-bond acceptors (Lipinski definition) is 4. The number of likely N-dealkylation sites (N-methyl/N-ethyl adjacent to an activating group) is 1. The average Bonchev–Trinajstić information content (AvgIpc) is 2.71. The summed E-state index contributed by atoms with van der Waals surface area (Å²) in [5, 5.41) is 7.38. The van der Waals surface area contributed by atoms with Gasteiger partial charge in [-0.05, 0) is 31.5 Å². The van der Waals surface area contributed by atoms with Crippen LogP contribution < -0.4 is 10.6 Å². The lowest BCUT2D eigenvalue weighted by Crippen LogP contribution is -2.47. The van der Waals surface area contributed by atoms with Crippen molar-refractivity contribution >= 4 is 41.7 Å². The molecule has 29 heavy (non-hydrogen) atoms. The van der Waals surface area contributed by atoms with E-state index >= 15 is 0 Å². The van der Waals surface area contributed by atoms with Crippen molar-refractivity contribution in [2.24, 2.45) is 10.9 Å². The van der Waals surface area contributed by atoms with Crippen LogP contribution in [-0.4, -0.2) is 79.9 Å². The van der Waals surface area contributed by atoms with Crippen LogP contribution in [-0.2, 0) is 0 Å². The quantitative estimate of drug-likeness (QED) is 0.208.